The summed E-state index contributed by atoms with van der Waals surface area (Å²) in [6.07, 6.45) is 0. The van der Waals surface area contributed by atoms with Crippen molar-refractivity contribution < 1.29 is 34.6 Å². The fraction of sp³-hybridized carbons (Fsp3) is 0.0769. The second-order valence-electron chi connectivity index (χ2n) is 3.83. The summed E-state index contributed by atoms with van der Waals surface area (Å²) < 4.78 is 13.8. The molecule has 100 valence electrons. The van der Waals surface area contributed by atoms with Crippen LogP contribution in [0.1, 0.15) is 17.3 Å². The maximum Gasteiger partial charge on any atom is 1.00 e. The van der Waals surface area contributed by atoms with Crippen LogP contribution in [-0.2, 0) is 0 Å². The number of aryl methyl sites for hydroxylation is 1. The molecule has 2 aromatic rings. The van der Waals surface area contributed by atoms with E-state index in [1.165, 1.54) is 0 Å². The number of benzene rings is 1. The Morgan fingerprint density at radius 3 is 2.55 bits per heavy atom. The van der Waals surface area contributed by atoms with Gasteiger partial charge in [-0.05, 0) is 25.1 Å². The second-order valence-corrected chi connectivity index (χ2v) is 5.25. The minimum Gasteiger partial charge on any atom is -1.00 e. The van der Waals surface area contributed by atoms with Crippen molar-refractivity contribution in [1.82, 2.24) is 4.98 Å². The summed E-state index contributed by atoms with van der Waals surface area (Å²) in [6.45, 7) is 1.95. The molecule has 0 unspecified atom stereocenters. The van der Waals surface area contributed by atoms with E-state index in [1.807, 2.05) is 31.2 Å². The van der Waals surface area contributed by atoms with Gasteiger partial charge in [-0.15, -0.1) is 0 Å². The number of carboxylic acids is 1. The molecule has 0 atom stereocenters. The third kappa shape index (κ3) is 4.00. The minimum atomic E-state index is -1.30. The predicted molar refractivity (Wildman–Crippen MR) is 72.6 cm³/mol. The number of hydrogen-bond donors (Lipinski definition) is 1. The van der Waals surface area contributed by atoms with Crippen LogP contribution >= 0.6 is 23.4 Å². The molecule has 0 aliphatic carbocycles. The predicted octanol–water partition coefficient (Wildman–Crippen LogP) is 1.15. The van der Waals surface area contributed by atoms with Crippen LogP contribution in [0.2, 0.25) is 5.15 Å². The summed E-state index contributed by atoms with van der Waals surface area (Å²) in [5.41, 5.74) is 0.754. The second kappa shape index (κ2) is 7.14. The molecule has 0 aliphatic rings. The van der Waals surface area contributed by atoms with Crippen molar-refractivity contribution in [2.75, 3.05) is 0 Å². The quantitative estimate of drug-likeness (QED) is 0.683. The topological polar surface area (TPSA) is 50.2 Å². The van der Waals surface area contributed by atoms with Gasteiger partial charge in [0, 0.05) is 4.90 Å². The summed E-state index contributed by atoms with van der Waals surface area (Å²) in [4.78, 5) is 15.4. The number of rotatable bonds is 3. The monoisotopic (exact) mass is 305 g/mol. The number of carbonyl (C=O) groups is 1. The van der Waals surface area contributed by atoms with Gasteiger partial charge in [0.1, 0.15) is 10.2 Å². The van der Waals surface area contributed by atoms with Crippen LogP contribution in [0.15, 0.2) is 40.3 Å². The molecule has 20 heavy (non-hydrogen) atoms. The number of nitrogens with zero attached hydrogens (tertiary/aromatic N) is 1. The molecule has 3 nitrogen and oxygen atoms in total. The van der Waals surface area contributed by atoms with E-state index in [-0.39, 0.29) is 36.0 Å². The molecule has 1 heterocycles. The summed E-state index contributed by atoms with van der Waals surface area (Å²) in [6, 6.07) is 8.34. The summed E-state index contributed by atoms with van der Waals surface area (Å²) in [5, 5.41) is 8.64. The standard InChI is InChI=1S/C13H9ClFNO2S.Li.H/c1-7-2-4-8(5-3-7)19-12-10(15)6-9(13(17)18)11(14)16-12;;/h2-6H,1H3,(H,17,18);;/q;+1;-1. The number of halogens is 2. The van der Waals surface area contributed by atoms with Crippen LogP contribution in [0.3, 0.4) is 0 Å². The van der Waals surface area contributed by atoms with Gasteiger partial charge in [-0.3, -0.25) is 0 Å². The van der Waals surface area contributed by atoms with Crippen LogP contribution in [0.4, 0.5) is 4.39 Å². The number of pyridine rings is 1. The van der Waals surface area contributed by atoms with Crippen molar-refractivity contribution >= 4 is 29.3 Å². The van der Waals surface area contributed by atoms with Gasteiger partial charge in [-0.1, -0.05) is 41.1 Å². The van der Waals surface area contributed by atoms with Gasteiger partial charge in [-0.25, -0.2) is 14.2 Å². The van der Waals surface area contributed by atoms with Gasteiger partial charge in [0.2, 0.25) is 0 Å². The first-order valence-electron chi connectivity index (χ1n) is 5.31. The number of hydrogen-bond acceptors (Lipinski definition) is 3. The molecule has 0 saturated carbocycles. The van der Waals surface area contributed by atoms with E-state index in [1.54, 1.807) is 0 Å². The fourth-order valence-corrected chi connectivity index (χ4v) is 2.45. The van der Waals surface area contributed by atoms with E-state index in [0.717, 1.165) is 28.3 Å². The van der Waals surface area contributed by atoms with Gasteiger partial charge in [0.15, 0.2) is 5.82 Å². The summed E-state index contributed by atoms with van der Waals surface area (Å²) in [5.74, 6) is -2.00. The first-order valence-corrected chi connectivity index (χ1v) is 6.50. The van der Waals surface area contributed by atoms with E-state index in [9.17, 15) is 9.18 Å². The van der Waals surface area contributed by atoms with Gasteiger partial charge < -0.3 is 6.53 Å². The molecular weight excluding hydrogens is 296 g/mol. The summed E-state index contributed by atoms with van der Waals surface area (Å²) >= 11 is 6.81. The zero-order valence-corrected chi connectivity index (χ0v) is 12.4. The van der Waals surface area contributed by atoms with E-state index >= 15 is 0 Å². The Hall–Kier alpha value is -0.993. The van der Waals surface area contributed by atoms with E-state index < -0.39 is 11.8 Å². The molecule has 0 radical (unpaired) electrons. The van der Waals surface area contributed by atoms with Crippen molar-refractivity contribution in [2.24, 2.45) is 0 Å². The zero-order chi connectivity index (χ0) is 14.0. The Kier molecular flexibility index (Phi) is 6.09. The smallest absolute Gasteiger partial charge is 1.00 e. The molecule has 7 heteroatoms. The largest absolute Gasteiger partial charge is 1.00 e. The fourth-order valence-electron chi connectivity index (χ4n) is 1.39. The van der Waals surface area contributed by atoms with Crippen LogP contribution in [0, 0.1) is 12.7 Å². The normalized spacial score (nSPS) is 9.95. The Labute approximate surface area is 138 Å². The molecule has 0 amide bonds. The van der Waals surface area contributed by atoms with Crippen LogP contribution in [-0.4, -0.2) is 16.1 Å². The SMILES string of the molecule is Cc1ccc(Sc2nc(Cl)c(C(=O)O)cc2F)cc1.[H-].[Li+]. The van der Waals surface area contributed by atoms with Crippen LogP contribution < -0.4 is 18.9 Å². The van der Waals surface area contributed by atoms with Crippen molar-refractivity contribution in [1.29, 1.82) is 0 Å². The Morgan fingerprint density at radius 2 is 2.00 bits per heavy atom. The average molecular weight is 306 g/mol. The Balaban J connectivity index is 0.00000200. The first-order chi connectivity index (χ1) is 8.97. The van der Waals surface area contributed by atoms with Crippen molar-refractivity contribution in [3.05, 3.63) is 52.4 Å². The summed E-state index contributed by atoms with van der Waals surface area (Å²) in [7, 11) is 0. The molecule has 0 aliphatic heterocycles. The number of carboxylic acid groups (broad SMARTS) is 1. The van der Waals surface area contributed by atoms with Crippen molar-refractivity contribution in [3.8, 4) is 0 Å². The maximum absolute atomic E-state index is 13.8. The van der Waals surface area contributed by atoms with Crippen LogP contribution in [0.5, 0.6) is 0 Å². The van der Waals surface area contributed by atoms with Crippen molar-refractivity contribution in [3.63, 3.8) is 0 Å². The van der Waals surface area contributed by atoms with E-state index in [2.05, 4.69) is 4.98 Å². The molecule has 0 spiro atoms. The van der Waals surface area contributed by atoms with Gasteiger partial charge in [0.05, 0.1) is 5.56 Å². The molecule has 0 fully saturated rings. The Morgan fingerprint density at radius 1 is 1.40 bits per heavy atom. The molecule has 1 N–H and O–H groups in total. The van der Waals surface area contributed by atoms with Crippen molar-refractivity contribution in [2.45, 2.75) is 16.8 Å². The van der Waals surface area contributed by atoms with E-state index in [4.69, 9.17) is 16.7 Å². The van der Waals surface area contributed by atoms with Crippen LogP contribution in [0.25, 0.3) is 0 Å². The number of aromatic nitrogens is 1. The van der Waals surface area contributed by atoms with Gasteiger partial charge in [0.25, 0.3) is 0 Å². The minimum absolute atomic E-state index is 0. The maximum atomic E-state index is 13.8. The first kappa shape index (κ1) is 17.1. The number of aromatic carboxylic acids is 1. The van der Waals surface area contributed by atoms with E-state index in [0.29, 0.717) is 0 Å². The van der Waals surface area contributed by atoms with Gasteiger partial charge >= 0.3 is 24.8 Å². The molecule has 0 bridgehead atoms. The van der Waals surface area contributed by atoms with Gasteiger partial charge in [-0.2, -0.15) is 0 Å². The Bertz CT molecular complexity index is 643. The third-order valence-corrected chi connectivity index (χ3v) is 3.64. The molecular formula is C13H10ClFLiNO2S. The third-order valence-electron chi connectivity index (χ3n) is 2.36. The molecule has 0 saturated heterocycles. The molecule has 2 rings (SSSR count). The zero-order valence-electron chi connectivity index (χ0n) is 11.9. The molecule has 1 aromatic carbocycles. The molecule has 1 aromatic heterocycles. The average Bonchev–Trinajstić information content (AvgIpc) is 2.35.